The van der Waals surface area contributed by atoms with E-state index in [-0.39, 0.29) is 0 Å². The summed E-state index contributed by atoms with van der Waals surface area (Å²) in [7, 11) is 0. The smallest absolute Gasteiger partial charge is 0.0949 e. The van der Waals surface area contributed by atoms with Crippen LogP contribution in [0.2, 0.25) is 0 Å². The second-order valence-electron chi connectivity index (χ2n) is 7.08. The molecule has 0 aromatic heterocycles. The minimum absolute atomic E-state index is 0.318. The molecular weight excluding hydrogens is 288 g/mol. The maximum Gasteiger partial charge on any atom is 0.0949 e. The normalized spacial score (nSPS) is 20.6. The van der Waals surface area contributed by atoms with Crippen molar-refractivity contribution in [2.45, 2.75) is 38.5 Å². The first-order valence-electron chi connectivity index (χ1n) is 9.13. The van der Waals surface area contributed by atoms with Gasteiger partial charge in [-0.3, -0.25) is 0 Å². The van der Waals surface area contributed by atoms with Gasteiger partial charge in [0.1, 0.15) is 0 Å². The number of carboxylic acid groups (broad SMARTS) is 1. The first-order valence-corrected chi connectivity index (χ1v) is 9.13. The lowest BCUT2D eigenvalue weighted by atomic mass is 9.87. The van der Waals surface area contributed by atoms with Crippen LogP contribution in [0.5, 0.6) is 0 Å². The van der Waals surface area contributed by atoms with Crippen molar-refractivity contribution in [2.75, 3.05) is 37.6 Å². The Bertz CT molecular complexity index is 518. The SMILES string of the molecule is O=C([O-])c1ccccc1N1CC[NH+](CCC2CCCCC2)CC1. The van der Waals surface area contributed by atoms with Crippen LogP contribution in [0, 0.1) is 5.92 Å². The van der Waals surface area contributed by atoms with E-state index in [0.717, 1.165) is 37.8 Å². The lowest BCUT2D eigenvalue weighted by molar-refractivity contribution is -0.901. The van der Waals surface area contributed by atoms with Gasteiger partial charge in [0.25, 0.3) is 0 Å². The number of quaternary nitrogens is 1. The molecule has 1 heterocycles. The number of aromatic carboxylic acids is 1. The van der Waals surface area contributed by atoms with Crippen molar-refractivity contribution in [3.8, 4) is 0 Å². The van der Waals surface area contributed by atoms with Crippen LogP contribution < -0.4 is 14.9 Å². The second kappa shape index (κ2) is 7.82. The second-order valence-corrected chi connectivity index (χ2v) is 7.08. The fourth-order valence-electron chi connectivity index (χ4n) is 4.12. The molecule has 0 amide bonds. The van der Waals surface area contributed by atoms with E-state index in [1.807, 2.05) is 12.1 Å². The summed E-state index contributed by atoms with van der Waals surface area (Å²) in [4.78, 5) is 15.1. The van der Waals surface area contributed by atoms with Crippen molar-refractivity contribution in [1.29, 1.82) is 0 Å². The topological polar surface area (TPSA) is 47.8 Å². The molecule has 1 N–H and O–H groups in total. The van der Waals surface area contributed by atoms with Gasteiger partial charge in [-0.1, -0.05) is 50.3 Å². The summed E-state index contributed by atoms with van der Waals surface area (Å²) in [5, 5.41) is 11.3. The van der Waals surface area contributed by atoms with Crippen molar-refractivity contribution < 1.29 is 14.8 Å². The van der Waals surface area contributed by atoms with E-state index in [1.165, 1.54) is 45.1 Å². The Balaban J connectivity index is 1.49. The molecule has 4 nitrogen and oxygen atoms in total. The van der Waals surface area contributed by atoms with Crippen molar-refractivity contribution in [3.63, 3.8) is 0 Å². The Labute approximate surface area is 139 Å². The molecule has 0 unspecified atom stereocenters. The number of nitrogens with zero attached hydrogens (tertiary/aromatic N) is 1. The molecule has 0 radical (unpaired) electrons. The van der Waals surface area contributed by atoms with E-state index >= 15 is 0 Å². The Morgan fingerprint density at radius 1 is 1.13 bits per heavy atom. The standard InChI is InChI=1S/C19H28N2O2/c22-19(23)17-8-4-5-9-18(17)21-14-12-20(13-15-21)11-10-16-6-2-1-3-7-16/h4-5,8-9,16H,1-3,6-7,10-15H2,(H,22,23). The molecule has 0 atom stereocenters. The number of carboxylic acids is 1. The largest absolute Gasteiger partial charge is 0.545 e. The molecule has 1 aliphatic carbocycles. The lowest BCUT2D eigenvalue weighted by Gasteiger charge is -2.35. The summed E-state index contributed by atoms with van der Waals surface area (Å²) in [5.74, 6) is -0.124. The van der Waals surface area contributed by atoms with E-state index in [2.05, 4.69) is 4.90 Å². The average Bonchev–Trinajstić information content (AvgIpc) is 2.61. The summed E-state index contributed by atoms with van der Waals surface area (Å²) in [6, 6.07) is 7.22. The highest BCUT2D eigenvalue weighted by Crippen LogP contribution is 2.25. The number of nitrogens with one attached hydrogen (secondary N) is 1. The highest BCUT2D eigenvalue weighted by atomic mass is 16.4. The molecule has 1 saturated carbocycles. The molecule has 1 saturated heterocycles. The third-order valence-electron chi connectivity index (χ3n) is 5.57. The molecule has 1 aliphatic heterocycles. The number of carbonyl (C=O) groups is 1. The summed E-state index contributed by atoms with van der Waals surface area (Å²) in [6.07, 6.45) is 8.50. The van der Waals surface area contributed by atoms with Crippen LogP contribution in [0.4, 0.5) is 5.69 Å². The van der Waals surface area contributed by atoms with Gasteiger partial charge in [0.05, 0.1) is 38.7 Å². The fraction of sp³-hybridized carbons (Fsp3) is 0.632. The molecular formula is C19H28N2O2. The molecule has 0 bridgehead atoms. The van der Waals surface area contributed by atoms with Crippen LogP contribution in [0.15, 0.2) is 24.3 Å². The lowest BCUT2D eigenvalue weighted by Crippen LogP contribution is -3.15. The van der Waals surface area contributed by atoms with Crippen LogP contribution in [0.1, 0.15) is 48.9 Å². The summed E-state index contributed by atoms with van der Waals surface area (Å²) >= 11 is 0. The summed E-state index contributed by atoms with van der Waals surface area (Å²) in [5.41, 5.74) is 1.14. The van der Waals surface area contributed by atoms with Gasteiger partial charge in [0.15, 0.2) is 0 Å². The minimum atomic E-state index is -1.08. The Kier molecular flexibility index (Phi) is 5.55. The van der Waals surface area contributed by atoms with E-state index in [9.17, 15) is 9.90 Å². The van der Waals surface area contributed by atoms with Gasteiger partial charge in [0.2, 0.25) is 0 Å². The van der Waals surface area contributed by atoms with E-state index in [4.69, 9.17) is 0 Å². The van der Waals surface area contributed by atoms with Crippen LogP contribution in [-0.4, -0.2) is 38.7 Å². The zero-order valence-electron chi connectivity index (χ0n) is 13.9. The van der Waals surface area contributed by atoms with Crippen molar-refractivity contribution in [1.82, 2.24) is 0 Å². The summed E-state index contributed by atoms with van der Waals surface area (Å²) in [6.45, 7) is 5.36. The Morgan fingerprint density at radius 2 is 1.83 bits per heavy atom. The average molecular weight is 316 g/mol. The number of anilines is 1. The van der Waals surface area contributed by atoms with Gasteiger partial charge in [-0.05, 0) is 18.4 Å². The molecule has 0 spiro atoms. The van der Waals surface area contributed by atoms with Crippen molar-refractivity contribution in [2.24, 2.45) is 5.92 Å². The summed E-state index contributed by atoms with van der Waals surface area (Å²) < 4.78 is 0. The van der Waals surface area contributed by atoms with Gasteiger partial charge in [0, 0.05) is 11.3 Å². The molecule has 2 aliphatic rings. The third kappa shape index (κ3) is 4.25. The maximum atomic E-state index is 11.3. The number of benzene rings is 1. The molecule has 1 aromatic carbocycles. The third-order valence-corrected chi connectivity index (χ3v) is 5.57. The van der Waals surface area contributed by atoms with Crippen molar-refractivity contribution >= 4 is 11.7 Å². The maximum absolute atomic E-state index is 11.3. The van der Waals surface area contributed by atoms with Gasteiger partial charge >= 0.3 is 0 Å². The zero-order valence-corrected chi connectivity index (χ0v) is 13.9. The number of rotatable bonds is 5. The highest BCUT2D eigenvalue weighted by Gasteiger charge is 2.23. The van der Waals surface area contributed by atoms with Gasteiger partial charge in [-0.25, -0.2) is 0 Å². The molecule has 126 valence electrons. The van der Waals surface area contributed by atoms with Crippen molar-refractivity contribution in [3.05, 3.63) is 29.8 Å². The van der Waals surface area contributed by atoms with Crippen LogP contribution in [0.3, 0.4) is 0 Å². The van der Waals surface area contributed by atoms with Gasteiger partial charge in [-0.2, -0.15) is 0 Å². The van der Waals surface area contributed by atoms with E-state index < -0.39 is 5.97 Å². The van der Waals surface area contributed by atoms with Crippen LogP contribution >= 0.6 is 0 Å². The predicted octanol–water partition coefficient (Wildman–Crippen LogP) is 0.725. The van der Waals surface area contributed by atoms with Crippen LogP contribution in [-0.2, 0) is 0 Å². The first-order chi connectivity index (χ1) is 11.2. The number of carbonyl (C=O) groups excluding carboxylic acids is 1. The van der Waals surface area contributed by atoms with Gasteiger partial charge < -0.3 is 19.7 Å². The number of hydrogen-bond acceptors (Lipinski definition) is 3. The zero-order chi connectivity index (χ0) is 16.1. The molecule has 2 fully saturated rings. The number of para-hydroxylation sites is 1. The van der Waals surface area contributed by atoms with E-state index in [1.54, 1.807) is 17.0 Å². The number of piperazine rings is 1. The molecule has 23 heavy (non-hydrogen) atoms. The monoisotopic (exact) mass is 316 g/mol. The number of hydrogen-bond donors (Lipinski definition) is 1. The molecule has 3 rings (SSSR count). The highest BCUT2D eigenvalue weighted by molar-refractivity contribution is 5.93. The quantitative estimate of drug-likeness (QED) is 0.871. The van der Waals surface area contributed by atoms with Crippen LogP contribution in [0.25, 0.3) is 0 Å². The fourth-order valence-corrected chi connectivity index (χ4v) is 4.12. The molecule has 4 heteroatoms. The minimum Gasteiger partial charge on any atom is -0.545 e. The van der Waals surface area contributed by atoms with E-state index in [0.29, 0.717) is 5.56 Å². The Hall–Kier alpha value is -1.55. The molecule has 1 aromatic rings. The van der Waals surface area contributed by atoms with Gasteiger partial charge in [-0.15, -0.1) is 0 Å². The Morgan fingerprint density at radius 3 is 2.52 bits per heavy atom. The first kappa shape index (κ1) is 16.3. The predicted molar refractivity (Wildman–Crippen MR) is 89.7 cm³/mol.